The lowest BCUT2D eigenvalue weighted by atomic mass is 10.2. The molecule has 0 aliphatic carbocycles. The van der Waals surface area contributed by atoms with E-state index in [9.17, 15) is 8.42 Å². The summed E-state index contributed by atoms with van der Waals surface area (Å²) < 4.78 is 31.0. The van der Waals surface area contributed by atoms with Crippen LogP contribution in [0.5, 0.6) is 5.75 Å². The second-order valence-corrected chi connectivity index (χ2v) is 8.61. The lowest BCUT2D eigenvalue weighted by molar-refractivity contribution is 0.337. The molecule has 6 heteroatoms. The van der Waals surface area contributed by atoms with Crippen LogP contribution in [-0.4, -0.2) is 39.3 Å². The van der Waals surface area contributed by atoms with Gasteiger partial charge >= 0.3 is 0 Å². The molecular weight excluding hydrogens is 390 g/mol. The molecule has 0 atom stereocenters. The molecule has 0 radical (unpaired) electrons. The van der Waals surface area contributed by atoms with Gasteiger partial charge < -0.3 is 9.64 Å². The molecule has 0 amide bonds. The van der Waals surface area contributed by atoms with E-state index in [2.05, 4.69) is 15.9 Å². The number of benzene rings is 2. The molecule has 0 unspecified atom stereocenters. The second kappa shape index (κ2) is 8.65. The highest BCUT2D eigenvalue weighted by Gasteiger charge is 2.15. The van der Waals surface area contributed by atoms with Gasteiger partial charge in [0.15, 0.2) is 9.84 Å². The standard InChI is InChI=1S/C18H22BrNO3S/c1-3-23-17-8-4-15(5-9-17)14-20(2)12-13-24(21,22)18-10-6-16(19)7-11-18/h4-11H,3,12-14H2,1-2H3. The van der Waals surface area contributed by atoms with E-state index >= 15 is 0 Å². The monoisotopic (exact) mass is 411 g/mol. The number of halogens is 1. The SMILES string of the molecule is CCOc1ccc(CN(C)CCS(=O)(=O)c2ccc(Br)cc2)cc1. The quantitative estimate of drug-likeness (QED) is 0.663. The number of sulfone groups is 1. The van der Waals surface area contributed by atoms with Crippen LogP contribution in [0.25, 0.3) is 0 Å². The van der Waals surface area contributed by atoms with Crippen LogP contribution in [0.2, 0.25) is 0 Å². The molecule has 0 bridgehead atoms. The average molecular weight is 412 g/mol. The summed E-state index contributed by atoms with van der Waals surface area (Å²) in [6, 6.07) is 14.6. The van der Waals surface area contributed by atoms with Crippen LogP contribution < -0.4 is 4.74 Å². The Balaban J connectivity index is 1.90. The van der Waals surface area contributed by atoms with Gasteiger partial charge in [0.05, 0.1) is 17.3 Å². The smallest absolute Gasteiger partial charge is 0.179 e. The molecule has 0 aliphatic rings. The molecule has 24 heavy (non-hydrogen) atoms. The molecule has 0 saturated heterocycles. The Labute approximate surface area is 152 Å². The normalized spacial score (nSPS) is 11.7. The van der Waals surface area contributed by atoms with Crippen molar-refractivity contribution in [1.82, 2.24) is 4.90 Å². The average Bonchev–Trinajstić information content (AvgIpc) is 2.56. The number of rotatable bonds is 8. The number of nitrogens with zero attached hydrogens (tertiary/aromatic N) is 1. The topological polar surface area (TPSA) is 46.6 Å². The molecular formula is C18H22BrNO3S. The summed E-state index contributed by atoms with van der Waals surface area (Å²) in [6.45, 7) is 3.77. The number of hydrogen-bond donors (Lipinski definition) is 0. The first-order chi connectivity index (χ1) is 11.4. The van der Waals surface area contributed by atoms with Gasteiger partial charge in [0.1, 0.15) is 5.75 Å². The molecule has 4 nitrogen and oxygen atoms in total. The first-order valence-electron chi connectivity index (χ1n) is 7.79. The molecule has 0 aromatic heterocycles. The summed E-state index contributed by atoms with van der Waals surface area (Å²) in [6.07, 6.45) is 0. The highest BCUT2D eigenvalue weighted by Crippen LogP contribution is 2.17. The van der Waals surface area contributed by atoms with Crippen molar-refractivity contribution in [3.63, 3.8) is 0 Å². The van der Waals surface area contributed by atoms with Gasteiger partial charge in [-0.15, -0.1) is 0 Å². The Kier molecular flexibility index (Phi) is 6.83. The van der Waals surface area contributed by atoms with Crippen LogP contribution in [0, 0.1) is 0 Å². The Hall–Kier alpha value is -1.37. The molecule has 130 valence electrons. The predicted molar refractivity (Wildman–Crippen MR) is 100 cm³/mol. The summed E-state index contributed by atoms with van der Waals surface area (Å²) in [5.74, 6) is 0.948. The van der Waals surface area contributed by atoms with Crippen LogP contribution in [0.3, 0.4) is 0 Å². The molecule has 2 aromatic rings. The fraction of sp³-hybridized carbons (Fsp3) is 0.333. The van der Waals surface area contributed by atoms with Gasteiger partial charge in [-0.2, -0.15) is 0 Å². The Morgan fingerprint density at radius 3 is 2.25 bits per heavy atom. The largest absolute Gasteiger partial charge is 0.494 e. The van der Waals surface area contributed by atoms with Crippen molar-refractivity contribution in [2.45, 2.75) is 18.4 Å². The van der Waals surface area contributed by atoms with Crippen LogP contribution in [0.4, 0.5) is 0 Å². The summed E-state index contributed by atoms with van der Waals surface area (Å²) in [5.41, 5.74) is 1.13. The van der Waals surface area contributed by atoms with Crippen molar-refractivity contribution in [2.75, 3.05) is 26.0 Å². The number of ether oxygens (including phenoxy) is 1. The third-order valence-electron chi connectivity index (χ3n) is 3.60. The van der Waals surface area contributed by atoms with Gasteiger partial charge in [-0.25, -0.2) is 8.42 Å². The highest BCUT2D eigenvalue weighted by molar-refractivity contribution is 9.10. The molecule has 2 aromatic carbocycles. The van der Waals surface area contributed by atoms with Gasteiger partial charge in [-0.1, -0.05) is 28.1 Å². The molecule has 0 saturated carbocycles. The lowest BCUT2D eigenvalue weighted by Gasteiger charge is -2.17. The zero-order valence-corrected chi connectivity index (χ0v) is 16.3. The van der Waals surface area contributed by atoms with E-state index in [0.29, 0.717) is 24.6 Å². The molecule has 0 fully saturated rings. The maximum atomic E-state index is 12.4. The van der Waals surface area contributed by atoms with Gasteiger partial charge in [0, 0.05) is 17.6 Å². The van der Waals surface area contributed by atoms with Crippen molar-refractivity contribution in [1.29, 1.82) is 0 Å². The van der Waals surface area contributed by atoms with Crippen molar-refractivity contribution in [3.05, 3.63) is 58.6 Å². The Bertz CT molecular complexity index is 743. The fourth-order valence-corrected chi connectivity index (χ4v) is 3.89. The second-order valence-electron chi connectivity index (χ2n) is 5.59. The zero-order valence-electron chi connectivity index (χ0n) is 13.9. The molecule has 0 aliphatic heterocycles. The minimum Gasteiger partial charge on any atom is -0.494 e. The molecule has 0 spiro atoms. The van der Waals surface area contributed by atoms with Crippen molar-refractivity contribution >= 4 is 25.8 Å². The van der Waals surface area contributed by atoms with Gasteiger partial charge in [-0.3, -0.25) is 0 Å². The van der Waals surface area contributed by atoms with E-state index in [-0.39, 0.29) is 5.75 Å². The van der Waals surface area contributed by atoms with Crippen LogP contribution in [0.15, 0.2) is 57.9 Å². The first kappa shape index (κ1) is 19.0. The van der Waals surface area contributed by atoms with Crippen molar-refractivity contribution in [3.8, 4) is 5.75 Å². The molecule has 2 rings (SSSR count). The van der Waals surface area contributed by atoms with Crippen molar-refractivity contribution < 1.29 is 13.2 Å². The number of hydrogen-bond acceptors (Lipinski definition) is 4. The Morgan fingerprint density at radius 2 is 1.67 bits per heavy atom. The minimum atomic E-state index is -3.26. The van der Waals surface area contributed by atoms with Gasteiger partial charge in [-0.05, 0) is 55.9 Å². The predicted octanol–water partition coefficient (Wildman–Crippen LogP) is 3.75. The van der Waals surface area contributed by atoms with Crippen molar-refractivity contribution in [2.24, 2.45) is 0 Å². The van der Waals surface area contributed by atoms with E-state index in [1.54, 1.807) is 24.3 Å². The van der Waals surface area contributed by atoms with Crippen LogP contribution in [-0.2, 0) is 16.4 Å². The molecule has 0 heterocycles. The summed E-state index contributed by atoms with van der Waals surface area (Å²) in [5, 5.41) is 0. The van der Waals surface area contributed by atoms with Gasteiger partial charge in [0.2, 0.25) is 0 Å². The Morgan fingerprint density at radius 1 is 1.04 bits per heavy atom. The van der Waals surface area contributed by atoms with E-state index in [4.69, 9.17) is 4.74 Å². The van der Waals surface area contributed by atoms with Crippen LogP contribution >= 0.6 is 15.9 Å². The highest BCUT2D eigenvalue weighted by atomic mass is 79.9. The summed E-state index contributed by atoms with van der Waals surface area (Å²) in [7, 11) is -1.34. The van der Waals surface area contributed by atoms with Gasteiger partial charge in [0.25, 0.3) is 0 Å². The third-order valence-corrected chi connectivity index (χ3v) is 5.84. The fourth-order valence-electron chi connectivity index (χ4n) is 2.28. The van der Waals surface area contributed by atoms with E-state index in [0.717, 1.165) is 15.8 Å². The lowest BCUT2D eigenvalue weighted by Crippen LogP contribution is -2.25. The maximum Gasteiger partial charge on any atom is 0.179 e. The first-order valence-corrected chi connectivity index (χ1v) is 10.2. The zero-order chi connectivity index (χ0) is 17.6. The van der Waals surface area contributed by atoms with Crippen LogP contribution in [0.1, 0.15) is 12.5 Å². The van der Waals surface area contributed by atoms with E-state index in [1.165, 1.54) is 0 Å². The minimum absolute atomic E-state index is 0.0994. The third kappa shape index (κ3) is 5.61. The van der Waals surface area contributed by atoms with E-state index < -0.39 is 9.84 Å². The maximum absolute atomic E-state index is 12.4. The summed E-state index contributed by atoms with van der Waals surface area (Å²) >= 11 is 3.31. The summed E-state index contributed by atoms with van der Waals surface area (Å²) in [4.78, 5) is 2.37. The van der Waals surface area contributed by atoms with E-state index in [1.807, 2.05) is 43.1 Å². The molecule has 0 N–H and O–H groups in total.